The molecule has 2 aromatic rings. The number of hydrogen-bond donors (Lipinski definition) is 1. The van der Waals surface area contributed by atoms with E-state index in [1.54, 1.807) is 0 Å². The summed E-state index contributed by atoms with van der Waals surface area (Å²) in [5.74, 6) is 0.906. The third kappa shape index (κ3) is 4.82. The Morgan fingerprint density at radius 1 is 1.05 bits per heavy atom. The maximum atomic E-state index is 8.68. The van der Waals surface area contributed by atoms with E-state index in [2.05, 4.69) is 17.5 Å². The lowest BCUT2D eigenvalue weighted by molar-refractivity contribution is 0.129. The van der Waals surface area contributed by atoms with Crippen LogP contribution in [0.3, 0.4) is 0 Å². The lowest BCUT2D eigenvalue weighted by Crippen LogP contribution is -2.23. The first-order valence-electron chi connectivity index (χ1n) is 7.44. The number of benzene rings is 2. The van der Waals surface area contributed by atoms with Crippen LogP contribution in [-0.4, -0.2) is 5.60 Å². The predicted octanol–water partition coefficient (Wildman–Crippen LogP) is 4.54. The molecular formula is C19H22N2O. The summed E-state index contributed by atoms with van der Waals surface area (Å²) in [5, 5.41) is 12.1. The molecule has 0 aliphatic carbocycles. The molecule has 0 aliphatic heterocycles. The molecule has 0 heterocycles. The number of hydrogen-bond acceptors (Lipinski definition) is 3. The Labute approximate surface area is 132 Å². The fraction of sp³-hybridized carbons (Fsp3) is 0.316. The largest absolute Gasteiger partial charge is 0.488 e. The van der Waals surface area contributed by atoms with E-state index in [-0.39, 0.29) is 5.60 Å². The minimum atomic E-state index is -0.213. The highest BCUT2D eigenvalue weighted by Crippen LogP contribution is 2.24. The number of nitriles is 1. The molecule has 0 atom stereocenters. The van der Waals surface area contributed by atoms with E-state index < -0.39 is 0 Å². The molecule has 2 rings (SSSR count). The molecule has 22 heavy (non-hydrogen) atoms. The van der Waals surface area contributed by atoms with Crippen LogP contribution < -0.4 is 10.1 Å². The fourth-order valence-electron chi connectivity index (χ4n) is 2.11. The fourth-order valence-corrected chi connectivity index (χ4v) is 2.11. The minimum Gasteiger partial charge on any atom is -0.488 e. The number of rotatable bonds is 5. The van der Waals surface area contributed by atoms with Gasteiger partial charge < -0.3 is 10.1 Å². The molecule has 3 heteroatoms. The zero-order chi connectivity index (χ0) is 16.0. The van der Waals surface area contributed by atoms with Gasteiger partial charge in [0.05, 0.1) is 12.5 Å². The summed E-state index contributed by atoms with van der Waals surface area (Å²) in [5.41, 5.74) is 2.98. The van der Waals surface area contributed by atoms with Crippen LogP contribution in [0.5, 0.6) is 5.75 Å². The van der Waals surface area contributed by atoms with E-state index >= 15 is 0 Å². The first kappa shape index (κ1) is 15.9. The second kappa shape index (κ2) is 7.00. The van der Waals surface area contributed by atoms with Crippen LogP contribution in [0.2, 0.25) is 0 Å². The van der Waals surface area contributed by atoms with E-state index in [4.69, 9.17) is 10.00 Å². The molecule has 0 amide bonds. The monoisotopic (exact) mass is 294 g/mol. The molecule has 3 nitrogen and oxygen atoms in total. The van der Waals surface area contributed by atoms with E-state index in [0.717, 1.165) is 22.6 Å². The average Bonchev–Trinajstić information content (AvgIpc) is 2.47. The summed E-state index contributed by atoms with van der Waals surface area (Å²) in [6.07, 6.45) is 0.447. The molecule has 0 unspecified atom stereocenters. The van der Waals surface area contributed by atoms with Crippen molar-refractivity contribution in [3.05, 3.63) is 59.7 Å². The maximum absolute atomic E-state index is 8.68. The number of anilines is 1. The number of nitrogens with one attached hydrogen (secondary N) is 1. The van der Waals surface area contributed by atoms with Crippen molar-refractivity contribution in [1.82, 2.24) is 0 Å². The third-order valence-electron chi connectivity index (χ3n) is 3.11. The van der Waals surface area contributed by atoms with Crippen molar-refractivity contribution in [2.75, 3.05) is 5.32 Å². The number of nitrogens with zero attached hydrogens (tertiary/aromatic N) is 1. The SMILES string of the molecule is CC(C)(C)Oc1ccccc1CNc1ccc(CC#N)cc1. The summed E-state index contributed by atoms with van der Waals surface area (Å²) >= 11 is 0. The molecule has 0 bridgehead atoms. The molecule has 0 spiro atoms. The lowest BCUT2D eigenvalue weighted by atomic mass is 10.1. The van der Waals surface area contributed by atoms with Crippen LogP contribution >= 0.6 is 0 Å². The Morgan fingerprint density at radius 2 is 1.73 bits per heavy atom. The zero-order valence-electron chi connectivity index (χ0n) is 13.4. The highest BCUT2D eigenvalue weighted by molar-refractivity contribution is 5.47. The summed E-state index contributed by atoms with van der Waals surface area (Å²) in [6.45, 7) is 6.84. The van der Waals surface area contributed by atoms with Gasteiger partial charge in [-0.15, -0.1) is 0 Å². The van der Waals surface area contributed by atoms with Crippen LogP contribution in [0.4, 0.5) is 5.69 Å². The van der Waals surface area contributed by atoms with Crippen molar-refractivity contribution in [2.45, 2.75) is 39.3 Å². The molecule has 0 saturated carbocycles. The molecule has 2 aromatic carbocycles. The molecule has 0 aliphatic rings. The summed E-state index contributed by atoms with van der Waals surface area (Å²) in [4.78, 5) is 0. The van der Waals surface area contributed by atoms with Crippen LogP contribution in [0.15, 0.2) is 48.5 Å². The van der Waals surface area contributed by atoms with Crippen molar-refractivity contribution in [3.8, 4) is 11.8 Å². The standard InChI is InChI=1S/C19H22N2O/c1-19(2,3)22-18-7-5-4-6-16(18)14-21-17-10-8-15(9-11-17)12-13-20/h4-11,21H,12,14H2,1-3H3. The van der Waals surface area contributed by atoms with E-state index in [1.165, 1.54) is 0 Å². The predicted molar refractivity (Wildman–Crippen MR) is 89.9 cm³/mol. The first-order valence-corrected chi connectivity index (χ1v) is 7.44. The van der Waals surface area contributed by atoms with Gasteiger partial charge in [-0.25, -0.2) is 0 Å². The van der Waals surface area contributed by atoms with Crippen molar-refractivity contribution in [1.29, 1.82) is 5.26 Å². The van der Waals surface area contributed by atoms with Crippen LogP contribution in [0.1, 0.15) is 31.9 Å². The smallest absolute Gasteiger partial charge is 0.125 e. The average molecular weight is 294 g/mol. The molecular weight excluding hydrogens is 272 g/mol. The Balaban J connectivity index is 2.04. The Morgan fingerprint density at radius 3 is 2.36 bits per heavy atom. The Bertz CT molecular complexity index is 648. The maximum Gasteiger partial charge on any atom is 0.125 e. The lowest BCUT2D eigenvalue weighted by Gasteiger charge is -2.23. The highest BCUT2D eigenvalue weighted by Gasteiger charge is 2.14. The van der Waals surface area contributed by atoms with Gasteiger partial charge >= 0.3 is 0 Å². The second-order valence-electron chi connectivity index (χ2n) is 6.21. The van der Waals surface area contributed by atoms with E-state index in [9.17, 15) is 0 Å². The molecule has 0 saturated heterocycles. The van der Waals surface area contributed by atoms with Crippen molar-refractivity contribution < 1.29 is 4.74 Å². The summed E-state index contributed by atoms with van der Waals surface area (Å²) < 4.78 is 6.00. The van der Waals surface area contributed by atoms with Crippen molar-refractivity contribution in [2.24, 2.45) is 0 Å². The first-order chi connectivity index (χ1) is 10.5. The van der Waals surface area contributed by atoms with E-state index in [1.807, 2.05) is 63.2 Å². The normalized spacial score (nSPS) is 10.8. The van der Waals surface area contributed by atoms with Crippen molar-refractivity contribution in [3.63, 3.8) is 0 Å². The van der Waals surface area contributed by atoms with Gasteiger partial charge in [0.25, 0.3) is 0 Å². The molecule has 114 valence electrons. The molecule has 0 aromatic heterocycles. The van der Waals surface area contributed by atoms with Gasteiger partial charge in [0.2, 0.25) is 0 Å². The summed E-state index contributed by atoms with van der Waals surface area (Å²) in [6, 6.07) is 18.2. The zero-order valence-corrected chi connectivity index (χ0v) is 13.4. The topological polar surface area (TPSA) is 45.0 Å². The van der Waals surface area contributed by atoms with Gasteiger partial charge in [-0.1, -0.05) is 30.3 Å². The number of para-hydroxylation sites is 1. The van der Waals surface area contributed by atoms with Gasteiger partial charge in [-0.3, -0.25) is 0 Å². The molecule has 1 N–H and O–H groups in total. The summed E-state index contributed by atoms with van der Waals surface area (Å²) in [7, 11) is 0. The molecule has 0 radical (unpaired) electrons. The van der Waals surface area contributed by atoms with Crippen LogP contribution in [0, 0.1) is 11.3 Å². The third-order valence-corrected chi connectivity index (χ3v) is 3.11. The van der Waals surface area contributed by atoms with Gasteiger partial charge in [0.1, 0.15) is 11.4 Å². The highest BCUT2D eigenvalue weighted by atomic mass is 16.5. The minimum absolute atomic E-state index is 0.213. The second-order valence-corrected chi connectivity index (χ2v) is 6.21. The Hall–Kier alpha value is -2.47. The van der Waals surface area contributed by atoms with Gasteiger partial charge in [-0.2, -0.15) is 5.26 Å². The van der Waals surface area contributed by atoms with Gasteiger partial charge in [0.15, 0.2) is 0 Å². The quantitative estimate of drug-likeness (QED) is 0.880. The molecule has 0 fully saturated rings. The van der Waals surface area contributed by atoms with E-state index in [0.29, 0.717) is 13.0 Å². The number of ether oxygens (including phenoxy) is 1. The van der Waals surface area contributed by atoms with Crippen LogP contribution in [0.25, 0.3) is 0 Å². The van der Waals surface area contributed by atoms with Crippen LogP contribution in [-0.2, 0) is 13.0 Å². The van der Waals surface area contributed by atoms with Gasteiger partial charge in [-0.05, 0) is 44.5 Å². The Kier molecular flexibility index (Phi) is 5.06. The van der Waals surface area contributed by atoms with Crippen molar-refractivity contribution >= 4 is 5.69 Å². The van der Waals surface area contributed by atoms with Gasteiger partial charge in [0, 0.05) is 17.8 Å².